The first kappa shape index (κ1) is 16.0. The van der Waals surface area contributed by atoms with Gasteiger partial charge in [-0.1, -0.05) is 18.2 Å². The normalized spacial score (nSPS) is 14.4. The number of aliphatic carboxylic acids is 1. The molecular weight excluding hydrogens is 262 g/mol. The van der Waals surface area contributed by atoms with Crippen LogP contribution in [0.1, 0.15) is 32.4 Å². The fourth-order valence-electron chi connectivity index (χ4n) is 1.72. The Morgan fingerprint density at radius 1 is 1.25 bits per heavy atom. The third-order valence-corrected chi connectivity index (χ3v) is 2.58. The maximum atomic E-state index is 12.0. The molecule has 2 atom stereocenters. The Bertz CT molecular complexity index is 507. The van der Waals surface area contributed by atoms with E-state index in [9.17, 15) is 19.8 Å². The van der Waals surface area contributed by atoms with Gasteiger partial charge in [0.2, 0.25) is 0 Å². The number of nitrogens with two attached hydrogens (primary N) is 1. The standard InChI is InChI=1S/C14H19NO5/c1-14(2,3)20-13(19)10(12(17)18)11(15)8-6-4-5-7-9(8)16/h4-7,10-11,16H,15H2,1-3H3,(H,17,18)/t10-,11?/m0/s1. The molecule has 0 bridgehead atoms. The van der Waals surface area contributed by atoms with Crippen LogP contribution in [0.3, 0.4) is 0 Å². The lowest BCUT2D eigenvalue weighted by Gasteiger charge is -2.25. The lowest BCUT2D eigenvalue weighted by Crippen LogP contribution is -2.39. The first-order valence-electron chi connectivity index (χ1n) is 6.12. The molecule has 0 saturated carbocycles. The summed E-state index contributed by atoms with van der Waals surface area (Å²) in [7, 11) is 0. The minimum Gasteiger partial charge on any atom is -0.508 e. The Balaban J connectivity index is 3.06. The second kappa shape index (κ2) is 5.92. The van der Waals surface area contributed by atoms with Crippen molar-refractivity contribution < 1.29 is 24.5 Å². The average molecular weight is 281 g/mol. The smallest absolute Gasteiger partial charge is 0.322 e. The van der Waals surface area contributed by atoms with E-state index in [1.54, 1.807) is 32.9 Å². The van der Waals surface area contributed by atoms with Crippen LogP contribution in [0.2, 0.25) is 0 Å². The molecule has 0 aromatic heterocycles. The van der Waals surface area contributed by atoms with Crippen molar-refractivity contribution in [1.82, 2.24) is 0 Å². The number of phenolic OH excluding ortho intramolecular Hbond substituents is 1. The molecule has 6 nitrogen and oxygen atoms in total. The maximum absolute atomic E-state index is 12.0. The van der Waals surface area contributed by atoms with E-state index in [1.165, 1.54) is 12.1 Å². The Labute approximate surface area is 117 Å². The molecule has 0 aliphatic carbocycles. The predicted molar refractivity (Wildman–Crippen MR) is 72.0 cm³/mol. The van der Waals surface area contributed by atoms with Crippen molar-refractivity contribution in [1.29, 1.82) is 0 Å². The summed E-state index contributed by atoms with van der Waals surface area (Å²) in [6.07, 6.45) is 0. The number of rotatable bonds is 4. The van der Waals surface area contributed by atoms with Gasteiger partial charge in [0.05, 0.1) is 6.04 Å². The van der Waals surface area contributed by atoms with Gasteiger partial charge in [-0.2, -0.15) is 0 Å². The van der Waals surface area contributed by atoms with Crippen molar-refractivity contribution in [2.24, 2.45) is 11.7 Å². The van der Waals surface area contributed by atoms with Crippen LogP contribution in [-0.4, -0.2) is 27.8 Å². The van der Waals surface area contributed by atoms with E-state index < -0.39 is 29.5 Å². The highest BCUT2D eigenvalue weighted by Gasteiger charge is 2.38. The molecule has 110 valence electrons. The van der Waals surface area contributed by atoms with Gasteiger partial charge < -0.3 is 20.7 Å². The number of ether oxygens (including phenoxy) is 1. The monoisotopic (exact) mass is 281 g/mol. The summed E-state index contributed by atoms with van der Waals surface area (Å²) < 4.78 is 5.06. The third kappa shape index (κ3) is 3.96. The van der Waals surface area contributed by atoms with E-state index in [0.29, 0.717) is 0 Å². The Morgan fingerprint density at radius 2 is 1.80 bits per heavy atom. The van der Waals surface area contributed by atoms with Crippen LogP contribution in [0, 0.1) is 5.92 Å². The minimum absolute atomic E-state index is 0.158. The second-order valence-corrected chi connectivity index (χ2v) is 5.43. The predicted octanol–water partition coefficient (Wildman–Crippen LogP) is 1.43. The third-order valence-electron chi connectivity index (χ3n) is 2.58. The van der Waals surface area contributed by atoms with Gasteiger partial charge in [0.15, 0.2) is 5.92 Å². The fourth-order valence-corrected chi connectivity index (χ4v) is 1.72. The zero-order chi connectivity index (χ0) is 15.5. The van der Waals surface area contributed by atoms with Crippen LogP contribution in [0.25, 0.3) is 0 Å². The average Bonchev–Trinajstić information content (AvgIpc) is 2.26. The number of esters is 1. The van der Waals surface area contributed by atoms with Gasteiger partial charge in [0.1, 0.15) is 11.4 Å². The van der Waals surface area contributed by atoms with Gasteiger partial charge in [0.25, 0.3) is 0 Å². The van der Waals surface area contributed by atoms with Crippen LogP contribution in [-0.2, 0) is 14.3 Å². The summed E-state index contributed by atoms with van der Waals surface area (Å²) in [4.78, 5) is 23.3. The molecule has 4 N–H and O–H groups in total. The molecule has 0 aliphatic heterocycles. The van der Waals surface area contributed by atoms with E-state index in [4.69, 9.17) is 10.5 Å². The molecule has 1 unspecified atom stereocenters. The van der Waals surface area contributed by atoms with Gasteiger partial charge in [-0.25, -0.2) is 0 Å². The van der Waals surface area contributed by atoms with Crippen molar-refractivity contribution >= 4 is 11.9 Å². The Hall–Kier alpha value is -2.08. The summed E-state index contributed by atoms with van der Waals surface area (Å²) in [6.45, 7) is 4.90. The van der Waals surface area contributed by atoms with Gasteiger partial charge in [0, 0.05) is 5.56 Å². The molecule has 0 saturated heterocycles. The van der Waals surface area contributed by atoms with Gasteiger partial charge in [-0.3, -0.25) is 9.59 Å². The summed E-state index contributed by atoms with van der Waals surface area (Å²) in [6, 6.07) is 4.84. The number of para-hydroxylation sites is 1. The largest absolute Gasteiger partial charge is 0.508 e. The highest BCUT2D eigenvalue weighted by Crippen LogP contribution is 2.29. The van der Waals surface area contributed by atoms with Crippen LogP contribution in [0.5, 0.6) is 5.75 Å². The molecule has 0 heterocycles. The maximum Gasteiger partial charge on any atom is 0.322 e. The van der Waals surface area contributed by atoms with E-state index in [-0.39, 0.29) is 11.3 Å². The second-order valence-electron chi connectivity index (χ2n) is 5.43. The van der Waals surface area contributed by atoms with E-state index in [0.717, 1.165) is 0 Å². The first-order valence-corrected chi connectivity index (χ1v) is 6.12. The van der Waals surface area contributed by atoms with E-state index in [2.05, 4.69) is 0 Å². The topological polar surface area (TPSA) is 110 Å². The molecule has 0 fully saturated rings. The van der Waals surface area contributed by atoms with Crippen LogP contribution in [0.4, 0.5) is 0 Å². The van der Waals surface area contributed by atoms with Crippen molar-refractivity contribution in [3.63, 3.8) is 0 Å². The number of benzene rings is 1. The number of hydrogen-bond acceptors (Lipinski definition) is 5. The summed E-state index contributed by atoms with van der Waals surface area (Å²) in [5.41, 5.74) is 5.19. The zero-order valence-electron chi connectivity index (χ0n) is 11.7. The number of hydrogen-bond donors (Lipinski definition) is 3. The number of carboxylic acids is 1. The van der Waals surface area contributed by atoms with Crippen molar-refractivity contribution in [3.05, 3.63) is 29.8 Å². The van der Waals surface area contributed by atoms with Crippen LogP contribution in [0.15, 0.2) is 24.3 Å². The molecule has 0 spiro atoms. The molecule has 0 radical (unpaired) electrons. The van der Waals surface area contributed by atoms with Crippen molar-refractivity contribution in [2.75, 3.05) is 0 Å². The summed E-state index contributed by atoms with van der Waals surface area (Å²) in [5.74, 6) is -4.06. The highest BCUT2D eigenvalue weighted by molar-refractivity contribution is 5.95. The summed E-state index contributed by atoms with van der Waals surface area (Å²) >= 11 is 0. The van der Waals surface area contributed by atoms with Gasteiger partial charge >= 0.3 is 11.9 Å². The number of carboxylic acid groups (broad SMARTS) is 1. The molecule has 0 amide bonds. The van der Waals surface area contributed by atoms with Gasteiger partial charge in [-0.05, 0) is 26.8 Å². The molecule has 1 aromatic carbocycles. The number of aromatic hydroxyl groups is 1. The highest BCUT2D eigenvalue weighted by atomic mass is 16.6. The van der Waals surface area contributed by atoms with E-state index >= 15 is 0 Å². The van der Waals surface area contributed by atoms with Crippen LogP contribution < -0.4 is 5.73 Å². The number of carbonyl (C=O) groups excluding carboxylic acids is 1. The Kier molecular flexibility index (Phi) is 4.73. The van der Waals surface area contributed by atoms with Gasteiger partial charge in [-0.15, -0.1) is 0 Å². The quantitative estimate of drug-likeness (QED) is 0.569. The Morgan fingerprint density at radius 3 is 2.25 bits per heavy atom. The van der Waals surface area contributed by atoms with Crippen molar-refractivity contribution in [3.8, 4) is 5.75 Å². The lowest BCUT2D eigenvalue weighted by atomic mass is 9.93. The first-order chi connectivity index (χ1) is 9.13. The molecule has 1 aromatic rings. The molecule has 6 heteroatoms. The number of carbonyl (C=O) groups is 2. The lowest BCUT2D eigenvalue weighted by molar-refractivity contribution is -0.167. The SMILES string of the molecule is CC(C)(C)OC(=O)[C@H](C(=O)O)C(N)c1ccccc1O. The fraction of sp³-hybridized carbons (Fsp3) is 0.429. The zero-order valence-corrected chi connectivity index (χ0v) is 11.7. The molecular formula is C14H19NO5. The molecule has 20 heavy (non-hydrogen) atoms. The summed E-state index contributed by atoms with van der Waals surface area (Å²) in [5, 5.41) is 18.9. The van der Waals surface area contributed by atoms with Crippen molar-refractivity contribution in [2.45, 2.75) is 32.4 Å². The molecule has 0 aliphatic rings. The number of phenols is 1. The van der Waals surface area contributed by atoms with Crippen LogP contribution >= 0.6 is 0 Å². The minimum atomic E-state index is -1.58. The molecule has 1 rings (SSSR count). The van der Waals surface area contributed by atoms with E-state index in [1.807, 2.05) is 0 Å².